The Morgan fingerprint density at radius 3 is 2.28 bits per heavy atom. The lowest BCUT2D eigenvalue weighted by molar-refractivity contribution is 0.0463. The Labute approximate surface area is 117 Å². The van der Waals surface area contributed by atoms with Gasteiger partial charge in [0.25, 0.3) is 0 Å². The quantitative estimate of drug-likeness (QED) is 0.630. The molecule has 0 aliphatic carbocycles. The van der Waals surface area contributed by atoms with Gasteiger partial charge in [0.1, 0.15) is 0 Å². The van der Waals surface area contributed by atoms with E-state index in [1.165, 1.54) is 0 Å². The van der Waals surface area contributed by atoms with E-state index in [1.807, 2.05) is 20.8 Å². The van der Waals surface area contributed by atoms with Crippen molar-refractivity contribution < 1.29 is 13.3 Å². The maximum absolute atomic E-state index is 6.01. The molecule has 1 atom stereocenters. The van der Waals surface area contributed by atoms with Gasteiger partial charge in [0.15, 0.2) is 0 Å². The van der Waals surface area contributed by atoms with Gasteiger partial charge >= 0.3 is 8.80 Å². The summed E-state index contributed by atoms with van der Waals surface area (Å²) in [6.07, 6.45) is 1.86. The molecule has 0 aromatic heterocycles. The first-order valence-corrected chi connectivity index (χ1v) is 8.68. The Morgan fingerprint density at radius 1 is 1.33 bits per heavy atom. The summed E-state index contributed by atoms with van der Waals surface area (Å²) < 4.78 is 17.5. The molecular weight excluding hydrogens is 270 g/mol. The van der Waals surface area contributed by atoms with Crippen molar-refractivity contribution in [1.82, 2.24) is 0 Å². The topological polar surface area (TPSA) is 53.7 Å². The summed E-state index contributed by atoms with van der Waals surface area (Å²) in [6.45, 7) is 9.39. The molecule has 4 nitrogen and oxygen atoms in total. The van der Waals surface area contributed by atoms with Gasteiger partial charge in [0.05, 0.1) is 0 Å². The SMILES string of the molecule is CCO[Si](C=C(C)Cl)(OCC)OC(C)CCCN. The molecule has 108 valence electrons. The predicted molar refractivity (Wildman–Crippen MR) is 77.5 cm³/mol. The van der Waals surface area contributed by atoms with Crippen LogP contribution in [0.25, 0.3) is 0 Å². The zero-order chi connectivity index (χ0) is 14.0. The molecule has 0 bridgehead atoms. The summed E-state index contributed by atoms with van der Waals surface area (Å²) in [5.74, 6) is 0. The molecule has 0 heterocycles. The predicted octanol–water partition coefficient (Wildman–Crippen LogP) is 2.82. The third kappa shape index (κ3) is 7.51. The molecule has 0 aromatic carbocycles. The van der Waals surface area contributed by atoms with E-state index < -0.39 is 8.80 Å². The summed E-state index contributed by atoms with van der Waals surface area (Å²) in [4.78, 5) is 0. The van der Waals surface area contributed by atoms with Crippen molar-refractivity contribution >= 4 is 20.4 Å². The second-order valence-electron chi connectivity index (χ2n) is 4.06. The molecule has 2 N–H and O–H groups in total. The standard InChI is InChI=1S/C12H26ClNO3Si/c1-5-15-18(16-6-2,10-11(3)13)17-12(4)8-7-9-14/h10,12H,5-9,14H2,1-4H3. The molecule has 0 radical (unpaired) electrons. The van der Waals surface area contributed by atoms with Crippen LogP contribution in [-0.4, -0.2) is 34.7 Å². The van der Waals surface area contributed by atoms with Gasteiger partial charge in [-0.3, -0.25) is 0 Å². The fourth-order valence-electron chi connectivity index (χ4n) is 1.62. The van der Waals surface area contributed by atoms with Gasteiger partial charge in [-0.1, -0.05) is 11.6 Å². The van der Waals surface area contributed by atoms with Crippen LogP contribution >= 0.6 is 11.6 Å². The number of hydrogen-bond acceptors (Lipinski definition) is 4. The van der Waals surface area contributed by atoms with E-state index >= 15 is 0 Å². The fourth-order valence-corrected chi connectivity index (χ4v) is 4.44. The monoisotopic (exact) mass is 295 g/mol. The molecule has 0 fully saturated rings. The molecule has 1 unspecified atom stereocenters. The van der Waals surface area contributed by atoms with Gasteiger partial charge < -0.3 is 19.0 Å². The molecule has 6 heteroatoms. The number of hydrogen-bond donors (Lipinski definition) is 1. The Morgan fingerprint density at radius 2 is 1.89 bits per heavy atom. The van der Waals surface area contributed by atoms with E-state index in [0.717, 1.165) is 12.8 Å². The van der Waals surface area contributed by atoms with E-state index in [0.29, 0.717) is 24.8 Å². The van der Waals surface area contributed by atoms with Crippen LogP contribution in [0.5, 0.6) is 0 Å². The number of halogens is 1. The minimum Gasteiger partial charge on any atom is -0.371 e. The third-order valence-electron chi connectivity index (χ3n) is 2.25. The highest BCUT2D eigenvalue weighted by molar-refractivity contribution is 6.67. The Hall–Kier alpha value is 0.0869. The molecule has 0 rings (SSSR count). The van der Waals surface area contributed by atoms with Gasteiger partial charge in [-0.2, -0.15) is 0 Å². The summed E-state index contributed by atoms with van der Waals surface area (Å²) >= 11 is 5.96. The molecule has 0 saturated carbocycles. The zero-order valence-electron chi connectivity index (χ0n) is 11.9. The normalized spacial score (nSPS) is 14.9. The van der Waals surface area contributed by atoms with Crippen LogP contribution in [0.1, 0.15) is 40.5 Å². The minimum atomic E-state index is -2.81. The van der Waals surface area contributed by atoms with Crippen LogP contribution in [0.15, 0.2) is 10.7 Å². The lowest BCUT2D eigenvalue weighted by Crippen LogP contribution is -2.47. The highest BCUT2D eigenvalue weighted by Gasteiger charge is 2.40. The minimum absolute atomic E-state index is 0.0468. The summed E-state index contributed by atoms with van der Waals surface area (Å²) in [7, 11) is -2.81. The fraction of sp³-hybridized carbons (Fsp3) is 0.833. The summed E-state index contributed by atoms with van der Waals surface area (Å²) in [6, 6.07) is 0. The first-order valence-electron chi connectivity index (χ1n) is 6.50. The molecule has 0 saturated heterocycles. The van der Waals surface area contributed by atoms with Crippen LogP contribution in [0.3, 0.4) is 0 Å². The van der Waals surface area contributed by atoms with Gasteiger partial charge in [0, 0.05) is 30.0 Å². The number of nitrogens with two attached hydrogens (primary N) is 1. The van der Waals surface area contributed by atoms with Crippen LogP contribution in [0, 0.1) is 0 Å². The van der Waals surface area contributed by atoms with Gasteiger partial charge in [-0.05, 0) is 47.1 Å². The highest BCUT2D eigenvalue weighted by Crippen LogP contribution is 2.19. The highest BCUT2D eigenvalue weighted by atomic mass is 35.5. The van der Waals surface area contributed by atoms with Crippen molar-refractivity contribution in [2.45, 2.75) is 46.6 Å². The first-order chi connectivity index (χ1) is 8.49. The van der Waals surface area contributed by atoms with Crippen LogP contribution < -0.4 is 5.73 Å². The van der Waals surface area contributed by atoms with Crippen LogP contribution in [0.2, 0.25) is 0 Å². The van der Waals surface area contributed by atoms with E-state index in [9.17, 15) is 0 Å². The Balaban J connectivity index is 4.75. The van der Waals surface area contributed by atoms with Crippen molar-refractivity contribution in [3.63, 3.8) is 0 Å². The van der Waals surface area contributed by atoms with Crippen molar-refractivity contribution in [1.29, 1.82) is 0 Å². The molecule has 0 spiro atoms. The van der Waals surface area contributed by atoms with E-state index in [1.54, 1.807) is 12.6 Å². The van der Waals surface area contributed by atoms with Crippen molar-refractivity contribution in [3.8, 4) is 0 Å². The lowest BCUT2D eigenvalue weighted by Gasteiger charge is -2.29. The van der Waals surface area contributed by atoms with Crippen molar-refractivity contribution in [2.24, 2.45) is 5.73 Å². The average molecular weight is 296 g/mol. The Kier molecular flexibility index (Phi) is 9.99. The molecule has 0 aromatic rings. The van der Waals surface area contributed by atoms with Crippen LogP contribution in [0.4, 0.5) is 0 Å². The van der Waals surface area contributed by atoms with Crippen LogP contribution in [-0.2, 0) is 13.3 Å². The molecule has 18 heavy (non-hydrogen) atoms. The maximum Gasteiger partial charge on any atom is 0.531 e. The average Bonchev–Trinajstić information content (AvgIpc) is 2.26. The second kappa shape index (κ2) is 9.94. The summed E-state index contributed by atoms with van der Waals surface area (Å²) in [5, 5.41) is 0.634. The molecule has 0 aliphatic heterocycles. The molecule has 0 aliphatic rings. The second-order valence-corrected chi connectivity index (χ2v) is 6.97. The maximum atomic E-state index is 6.01. The third-order valence-corrected chi connectivity index (χ3v) is 5.44. The number of rotatable bonds is 10. The van der Waals surface area contributed by atoms with Crippen molar-refractivity contribution in [2.75, 3.05) is 19.8 Å². The summed E-state index contributed by atoms with van der Waals surface area (Å²) in [5.41, 5.74) is 7.29. The number of allylic oxidation sites excluding steroid dienone is 1. The Bertz CT molecular complexity index is 241. The first kappa shape index (κ1) is 18.1. The van der Waals surface area contributed by atoms with Gasteiger partial charge in [0.2, 0.25) is 0 Å². The van der Waals surface area contributed by atoms with Gasteiger partial charge in [-0.25, -0.2) is 0 Å². The zero-order valence-corrected chi connectivity index (χ0v) is 13.6. The lowest BCUT2D eigenvalue weighted by atomic mass is 10.2. The van der Waals surface area contributed by atoms with Gasteiger partial charge in [-0.15, -0.1) is 0 Å². The molecule has 0 amide bonds. The largest absolute Gasteiger partial charge is 0.531 e. The smallest absolute Gasteiger partial charge is 0.371 e. The molecular formula is C12H26ClNO3Si. The van der Waals surface area contributed by atoms with Crippen molar-refractivity contribution in [3.05, 3.63) is 10.7 Å². The van der Waals surface area contributed by atoms with E-state index in [4.69, 9.17) is 30.6 Å². The van der Waals surface area contributed by atoms with E-state index in [-0.39, 0.29) is 6.10 Å². The van der Waals surface area contributed by atoms with E-state index in [2.05, 4.69) is 0 Å².